The monoisotopic (exact) mass is 182 g/mol. The number of hydrogen-bond acceptors (Lipinski definition) is 3. The molecule has 1 atom stereocenters. The smallest absolute Gasteiger partial charge is 0.199 e. The molecule has 0 N–H and O–H groups in total. The Balaban J connectivity index is 2.04. The predicted octanol–water partition coefficient (Wildman–Crippen LogP) is 1.78. The zero-order valence-electron chi connectivity index (χ0n) is 7.84. The van der Waals surface area contributed by atoms with Crippen LogP contribution in [0, 0.1) is 0 Å². The number of Topliss-reactive ketones (excluding diaryl/α,β-unsaturated/α-hetero) is 1. The van der Waals surface area contributed by atoms with Crippen LogP contribution in [0.15, 0.2) is 11.3 Å². The van der Waals surface area contributed by atoms with Crippen LogP contribution in [0.3, 0.4) is 0 Å². The minimum Gasteiger partial charge on any atom is -0.469 e. The zero-order valence-corrected chi connectivity index (χ0v) is 7.84. The summed E-state index contributed by atoms with van der Waals surface area (Å²) in [6, 6.07) is 0. The highest BCUT2D eigenvalue weighted by Gasteiger charge is 2.30. The van der Waals surface area contributed by atoms with Gasteiger partial charge in [0, 0.05) is 31.4 Å². The minimum absolute atomic E-state index is 0.116. The molecule has 2 aliphatic rings. The molecule has 72 valence electrons. The Hall–Kier alpha value is -0.830. The van der Waals surface area contributed by atoms with Gasteiger partial charge >= 0.3 is 0 Å². The molecule has 0 saturated heterocycles. The maximum absolute atomic E-state index is 11.3. The molecule has 0 aromatic carbocycles. The molecule has 3 nitrogen and oxygen atoms in total. The lowest BCUT2D eigenvalue weighted by molar-refractivity contribution is -0.126. The molecule has 0 saturated carbocycles. The van der Waals surface area contributed by atoms with Crippen LogP contribution in [-0.4, -0.2) is 18.7 Å². The van der Waals surface area contributed by atoms with Crippen molar-refractivity contribution >= 4 is 5.78 Å². The molecule has 1 unspecified atom stereocenters. The van der Waals surface area contributed by atoms with E-state index >= 15 is 0 Å². The van der Waals surface area contributed by atoms with Gasteiger partial charge in [-0.2, -0.15) is 0 Å². The summed E-state index contributed by atoms with van der Waals surface area (Å²) in [6.07, 6.45) is 2.94. The van der Waals surface area contributed by atoms with Crippen molar-refractivity contribution in [1.82, 2.24) is 0 Å². The lowest BCUT2D eigenvalue weighted by atomic mass is 10.1. The molecule has 0 spiro atoms. The van der Waals surface area contributed by atoms with E-state index in [9.17, 15) is 4.79 Å². The standard InChI is InChI=1S/C10H14O3/c1-2-12-10-6-3-7-8(11)4-5-9(7)13-10/h10H,2-6H2,1H3. The molecule has 0 amide bonds. The number of allylic oxidation sites excluding steroid dienone is 2. The van der Waals surface area contributed by atoms with Gasteiger partial charge in [-0.3, -0.25) is 4.79 Å². The van der Waals surface area contributed by atoms with Gasteiger partial charge in [0.1, 0.15) is 5.76 Å². The summed E-state index contributed by atoms with van der Waals surface area (Å²) in [4.78, 5) is 11.3. The van der Waals surface area contributed by atoms with Gasteiger partial charge in [-0.25, -0.2) is 0 Å². The lowest BCUT2D eigenvalue weighted by Gasteiger charge is -2.24. The second-order valence-electron chi connectivity index (χ2n) is 3.37. The molecule has 0 aromatic rings. The number of carbonyl (C=O) groups excluding carboxylic acids is 1. The van der Waals surface area contributed by atoms with Crippen LogP contribution in [0.1, 0.15) is 32.6 Å². The number of ketones is 1. The molecule has 2 rings (SSSR count). The second-order valence-corrected chi connectivity index (χ2v) is 3.37. The van der Waals surface area contributed by atoms with E-state index in [1.807, 2.05) is 6.92 Å². The Bertz CT molecular complexity index is 255. The van der Waals surface area contributed by atoms with Crippen molar-refractivity contribution in [1.29, 1.82) is 0 Å². The molecule has 0 fully saturated rings. The van der Waals surface area contributed by atoms with Crippen LogP contribution >= 0.6 is 0 Å². The molecular weight excluding hydrogens is 168 g/mol. The second kappa shape index (κ2) is 3.50. The van der Waals surface area contributed by atoms with E-state index in [4.69, 9.17) is 9.47 Å². The fourth-order valence-corrected chi connectivity index (χ4v) is 1.88. The summed E-state index contributed by atoms with van der Waals surface area (Å²) in [5.41, 5.74) is 0.913. The van der Waals surface area contributed by atoms with Crippen molar-refractivity contribution < 1.29 is 14.3 Å². The maximum Gasteiger partial charge on any atom is 0.199 e. The predicted molar refractivity (Wildman–Crippen MR) is 47.0 cm³/mol. The van der Waals surface area contributed by atoms with E-state index in [1.54, 1.807) is 0 Å². The van der Waals surface area contributed by atoms with E-state index in [0.717, 1.165) is 30.6 Å². The van der Waals surface area contributed by atoms with Crippen molar-refractivity contribution in [3.63, 3.8) is 0 Å². The summed E-state index contributed by atoms with van der Waals surface area (Å²) in [7, 11) is 0. The van der Waals surface area contributed by atoms with Crippen LogP contribution in [0.5, 0.6) is 0 Å². The summed E-state index contributed by atoms with van der Waals surface area (Å²) >= 11 is 0. The van der Waals surface area contributed by atoms with E-state index < -0.39 is 0 Å². The number of rotatable bonds is 2. The molecule has 3 heteroatoms. The lowest BCUT2D eigenvalue weighted by Crippen LogP contribution is -2.21. The van der Waals surface area contributed by atoms with Crippen molar-refractivity contribution in [3.05, 3.63) is 11.3 Å². The highest BCUT2D eigenvalue weighted by molar-refractivity contribution is 5.98. The molecular formula is C10H14O3. The van der Waals surface area contributed by atoms with Gasteiger partial charge in [0.05, 0.1) is 0 Å². The molecule has 13 heavy (non-hydrogen) atoms. The van der Waals surface area contributed by atoms with E-state index in [1.165, 1.54) is 0 Å². The molecule has 0 bridgehead atoms. The maximum atomic E-state index is 11.3. The highest BCUT2D eigenvalue weighted by Crippen LogP contribution is 2.33. The van der Waals surface area contributed by atoms with Crippen LogP contribution in [-0.2, 0) is 14.3 Å². The first-order chi connectivity index (χ1) is 6.31. The van der Waals surface area contributed by atoms with Gasteiger partial charge in [-0.15, -0.1) is 0 Å². The summed E-state index contributed by atoms with van der Waals surface area (Å²) in [6.45, 7) is 2.62. The van der Waals surface area contributed by atoms with E-state index in [2.05, 4.69) is 0 Å². The molecule has 0 aromatic heterocycles. The molecule has 0 radical (unpaired) electrons. The zero-order chi connectivity index (χ0) is 9.26. The van der Waals surface area contributed by atoms with Gasteiger partial charge in [-0.1, -0.05) is 0 Å². The Kier molecular flexibility index (Phi) is 2.36. The Morgan fingerprint density at radius 2 is 2.31 bits per heavy atom. The Labute approximate surface area is 77.7 Å². The van der Waals surface area contributed by atoms with E-state index in [0.29, 0.717) is 13.0 Å². The molecule has 1 heterocycles. The van der Waals surface area contributed by atoms with Crippen LogP contribution < -0.4 is 0 Å². The SMILES string of the molecule is CCOC1CCC2=C(CCC2=O)O1. The summed E-state index contributed by atoms with van der Waals surface area (Å²) in [5.74, 6) is 1.15. The largest absolute Gasteiger partial charge is 0.469 e. The topological polar surface area (TPSA) is 35.5 Å². The van der Waals surface area contributed by atoms with Crippen molar-refractivity contribution in [2.75, 3.05) is 6.61 Å². The fraction of sp³-hybridized carbons (Fsp3) is 0.700. The Morgan fingerprint density at radius 1 is 1.46 bits per heavy atom. The molecule has 1 aliphatic heterocycles. The number of ether oxygens (including phenoxy) is 2. The van der Waals surface area contributed by atoms with Crippen molar-refractivity contribution in [3.8, 4) is 0 Å². The van der Waals surface area contributed by atoms with Gasteiger partial charge < -0.3 is 9.47 Å². The quantitative estimate of drug-likeness (QED) is 0.653. The third-order valence-corrected chi connectivity index (χ3v) is 2.51. The van der Waals surface area contributed by atoms with Gasteiger partial charge in [0.15, 0.2) is 12.1 Å². The van der Waals surface area contributed by atoms with Crippen molar-refractivity contribution in [2.24, 2.45) is 0 Å². The normalized spacial score (nSPS) is 27.5. The van der Waals surface area contributed by atoms with Crippen LogP contribution in [0.25, 0.3) is 0 Å². The van der Waals surface area contributed by atoms with E-state index in [-0.39, 0.29) is 12.1 Å². The van der Waals surface area contributed by atoms with Gasteiger partial charge in [0.2, 0.25) is 0 Å². The van der Waals surface area contributed by atoms with Gasteiger partial charge in [-0.05, 0) is 13.3 Å². The minimum atomic E-state index is -0.116. The molecule has 1 aliphatic carbocycles. The van der Waals surface area contributed by atoms with Crippen LogP contribution in [0.4, 0.5) is 0 Å². The third-order valence-electron chi connectivity index (χ3n) is 2.51. The summed E-state index contributed by atoms with van der Waals surface area (Å²) < 4.78 is 10.9. The first-order valence-electron chi connectivity index (χ1n) is 4.84. The summed E-state index contributed by atoms with van der Waals surface area (Å²) in [5, 5.41) is 0. The highest BCUT2D eigenvalue weighted by atomic mass is 16.7. The first kappa shape index (κ1) is 8.75. The first-order valence-corrected chi connectivity index (χ1v) is 4.84. The average molecular weight is 182 g/mol. The third kappa shape index (κ3) is 1.61. The van der Waals surface area contributed by atoms with Crippen molar-refractivity contribution in [2.45, 2.75) is 38.9 Å². The average Bonchev–Trinajstić information content (AvgIpc) is 2.48. The number of carbonyl (C=O) groups is 1. The Morgan fingerprint density at radius 3 is 3.08 bits per heavy atom. The fourth-order valence-electron chi connectivity index (χ4n) is 1.88. The number of hydrogen-bond donors (Lipinski definition) is 0. The van der Waals surface area contributed by atoms with Gasteiger partial charge in [0.25, 0.3) is 0 Å². The van der Waals surface area contributed by atoms with Crippen LogP contribution in [0.2, 0.25) is 0 Å².